The number of carbonyl (C=O) groups is 1. The molecule has 116 valence electrons. The first-order valence-electron chi connectivity index (χ1n) is 7.14. The second-order valence-corrected chi connectivity index (χ2v) is 8.03. The molecule has 0 heterocycles. The monoisotopic (exact) mass is 330 g/mol. The predicted molar refractivity (Wildman–Crippen MR) is 81.6 cm³/mol. The molecule has 0 spiro atoms. The summed E-state index contributed by atoms with van der Waals surface area (Å²) >= 11 is 6.02. The molecule has 1 aliphatic rings. The van der Waals surface area contributed by atoms with Crippen LogP contribution in [0.4, 0.5) is 0 Å². The van der Waals surface area contributed by atoms with E-state index in [2.05, 4.69) is 0 Å². The average molecular weight is 331 g/mol. The maximum Gasteiger partial charge on any atom is 0.335 e. The molecule has 6 heteroatoms. The van der Waals surface area contributed by atoms with Crippen LogP contribution in [-0.4, -0.2) is 24.7 Å². The number of sulfone groups is 1. The lowest BCUT2D eigenvalue weighted by Crippen LogP contribution is -2.32. The topological polar surface area (TPSA) is 71.4 Å². The highest BCUT2D eigenvalue weighted by Crippen LogP contribution is 2.37. The van der Waals surface area contributed by atoms with Crippen LogP contribution in [0.3, 0.4) is 0 Å². The normalized spacial score (nSPS) is 23.0. The van der Waals surface area contributed by atoms with Gasteiger partial charge in [0.2, 0.25) is 0 Å². The quantitative estimate of drug-likeness (QED) is 0.911. The molecule has 0 radical (unpaired) electrons. The number of halogens is 1. The van der Waals surface area contributed by atoms with Crippen LogP contribution in [0.5, 0.6) is 0 Å². The van der Waals surface area contributed by atoms with Crippen molar-refractivity contribution >= 4 is 27.4 Å². The zero-order chi connectivity index (χ0) is 15.6. The van der Waals surface area contributed by atoms with Crippen LogP contribution in [0.2, 0.25) is 5.02 Å². The molecule has 2 rings (SSSR count). The Kier molecular flexibility index (Phi) is 4.94. The fourth-order valence-corrected chi connectivity index (χ4v) is 5.78. The van der Waals surface area contributed by atoms with Gasteiger partial charge in [-0.25, -0.2) is 13.2 Å². The minimum atomic E-state index is -3.61. The van der Waals surface area contributed by atoms with Gasteiger partial charge in [0, 0.05) is 0 Å². The van der Waals surface area contributed by atoms with Crippen molar-refractivity contribution in [1.82, 2.24) is 0 Å². The predicted octanol–water partition coefficient (Wildman–Crippen LogP) is 3.78. The maximum atomic E-state index is 12.9. The van der Waals surface area contributed by atoms with Crippen LogP contribution in [0.15, 0.2) is 23.1 Å². The van der Waals surface area contributed by atoms with Crippen LogP contribution in [0.1, 0.15) is 49.4 Å². The molecule has 0 amide bonds. The summed E-state index contributed by atoms with van der Waals surface area (Å²) in [4.78, 5) is 11.0. The average Bonchev–Trinajstić information content (AvgIpc) is 2.47. The third kappa shape index (κ3) is 3.24. The van der Waals surface area contributed by atoms with E-state index >= 15 is 0 Å². The summed E-state index contributed by atoms with van der Waals surface area (Å²) in [7, 11) is -3.61. The van der Waals surface area contributed by atoms with Crippen LogP contribution in [0, 0.1) is 5.92 Å². The van der Waals surface area contributed by atoms with Gasteiger partial charge < -0.3 is 5.11 Å². The first-order valence-corrected chi connectivity index (χ1v) is 9.07. The Hall–Kier alpha value is -1.07. The molecular formula is C15H19ClO4S. The van der Waals surface area contributed by atoms with Gasteiger partial charge in [0.25, 0.3) is 0 Å². The van der Waals surface area contributed by atoms with Crippen molar-refractivity contribution in [3.63, 3.8) is 0 Å². The number of carboxylic acid groups (broad SMARTS) is 1. The molecule has 1 fully saturated rings. The highest BCUT2D eigenvalue weighted by Gasteiger charge is 2.36. The molecular weight excluding hydrogens is 312 g/mol. The van der Waals surface area contributed by atoms with E-state index in [1.54, 1.807) is 0 Å². The summed E-state index contributed by atoms with van der Waals surface area (Å²) in [5.74, 6) is -1.04. The first-order chi connectivity index (χ1) is 9.87. The smallest absolute Gasteiger partial charge is 0.335 e. The number of benzene rings is 1. The molecule has 0 bridgehead atoms. The van der Waals surface area contributed by atoms with Crippen LogP contribution in [0.25, 0.3) is 0 Å². The van der Waals surface area contributed by atoms with E-state index in [9.17, 15) is 13.2 Å². The highest BCUT2D eigenvalue weighted by atomic mass is 35.5. The van der Waals surface area contributed by atoms with Crippen molar-refractivity contribution in [2.75, 3.05) is 0 Å². The zero-order valence-corrected chi connectivity index (χ0v) is 13.5. The van der Waals surface area contributed by atoms with Gasteiger partial charge in [-0.3, -0.25) is 0 Å². The summed E-state index contributed by atoms with van der Waals surface area (Å²) in [6, 6.07) is 3.85. The van der Waals surface area contributed by atoms with Gasteiger partial charge in [-0.15, -0.1) is 0 Å². The van der Waals surface area contributed by atoms with Crippen molar-refractivity contribution in [3.8, 4) is 0 Å². The number of carboxylic acids is 1. The van der Waals surface area contributed by atoms with E-state index in [0.29, 0.717) is 6.42 Å². The van der Waals surface area contributed by atoms with Crippen molar-refractivity contribution in [2.45, 2.75) is 49.2 Å². The standard InChI is InChI=1S/C15H19ClO4S/c1-2-10-5-3-4-6-13(10)21(19,20)14-9-11(15(17)18)7-8-12(14)16/h7-10,13H,2-6H2,1H3,(H,17,18). The Labute approximate surface area is 130 Å². The van der Waals surface area contributed by atoms with E-state index in [1.165, 1.54) is 18.2 Å². The van der Waals surface area contributed by atoms with Crippen molar-refractivity contribution < 1.29 is 18.3 Å². The molecule has 1 aromatic rings. The van der Waals surface area contributed by atoms with Crippen molar-refractivity contribution in [2.24, 2.45) is 5.92 Å². The SMILES string of the molecule is CCC1CCCCC1S(=O)(=O)c1cc(C(=O)O)ccc1Cl. The van der Waals surface area contributed by atoms with Crippen molar-refractivity contribution in [1.29, 1.82) is 0 Å². The van der Waals surface area contributed by atoms with Gasteiger partial charge in [-0.1, -0.05) is 37.8 Å². The molecule has 1 aromatic carbocycles. The largest absolute Gasteiger partial charge is 0.478 e. The third-order valence-corrected chi connectivity index (χ3v) is 7.06. The molecule has 1 aliphatic carbocycles. The van der Waals surface area contributed by atoms with Gasteiger partial charge in [0.1, 0.15) is 0 Å². The second kappa shape index (κ2) is 6.36. The Morgan fingerprint density at radius 2 is 2.00 bits per heavy atom. The summed E-state index contributed by atoms with van der Waals surface area (Å²) in [5, 5.41) is 8.67. The molecule has 4 nitrogen and oxygen atoms in total. The minimum absolute atomic E-state index is 0.0468. The van der Waals surface area contributed by atoms with E-state index in [-0.39, 0.29) is 21.4 Å². The van der Waals surface area contributed by atoms with Crippen molar-refractivity contribution in [3.05, 3.63) is 28.8 Å². The van der Waals surface area contributed by atoms with Crippen LogP contribution < -0.4 is 0 Å². The maximum absolute atomic E-state index is 12.9. The highest BCUT2D eigenvalue weighted by molar-refractivity contribution is 7.92. The van der Waals surface area contributed by atoms with E-state index in [4.69, 9.17) is 16.7 Å². The fourth-order valence-electron chi connectivity index (χ4n) is 3.07. The molecule has 0 saturated heterocycles. The number of hydrogen-bond acceptors (Lipinski definition) is 3. The summed E-state index contributed by atoms with van der Waals surface area (Å²) < 4.78 is 25.7. The van der Waals surface area contributed by atoms with Gasteiger partial charge in [0.05, 0.1) is 20.7 Å². The molecule has 1 N–H and O–H groups in total. The van der Waals surface area contributed by atoms with Gasteiger partial charge in [0.15, 0.2) is 9.84 Å². The van der Waals surface area contributed by atoms with Gasteiger partial charge >= 0.3 is 5.97 Å². The Morgan fingerprint density at radius 1 is 1.33 bits per heavy atom. The molecule has 21 heavy (non-hydrogen) atoms. The van der Waals surface area contributed by atoms with Gasteiger partial charge in [-0.05, 0) is 37.0 Å². The van der Waals surface area contributed by atoms with Crippen LogP contribution >= 0.6 is 11.6 Å². The van der Waals surface area contributed by atoms with E-state index < -0.39 is 21.1 Å². The lowest BCUT2D eigenvalue weighted by molar-refractivity contribution is 0.0696. The first kappa shape index (κ1) is 16.3. The molecule has 0 aliphatic heterocycles. The molecule has 2 unspecified atom stereocenters. The lowest BCUT2D eigenvalue weighted by atomic mass is 9.87. The van der Waals surface area contributed by atoms with E-state index in [1.807, 2.05) is 6.92 Å². The Morgan fingerprint density at radius 3 is 2.62 bits per heavy atom. The number of hydrogen-bond donors (Lipinski definition) is 1. The Balaban J connectivity index is 2.47. The van der Waals surface area contributed by atoms with Gasteiger partial charge in [-0.2, -0.15) is 0 Å². The summed E-state index contributed by atoms with van der Waals surface area (Å²) in [5.41, 5.74) is -0.0539. The summed E-state index contributed by atoms with van der Waals surface area (Å²) in [6.45, 7) is 1.99. The number of aromatic carboxylic acids is 1. The molecule has 1 saturated carbocycles. The van der Waals surface area contributed by atoms with E-state index in [0.717, 1.165) is 25.7 Å². The second-order valence-electron chi connectivity index (χ2n) is 5.49. The third-order valence-electron chi connectivity index (χ3n) is 4.25. The lowest BCUT2D eigenvalue weighted by Gasteiger charge is -2.30. The Bertz CT molecular complexity index is 639. The summed E-state index contributed by atoms with van der Waals surface area (Å²) in [6.07, 6.45) is 4.26. The van der Waals surface area contributed by atoms with Crippen LogP contribution in [-0.2, 0) is 9.84 Å². The molecule has 2 atom stereocenters. The molecule has 0 aromatic heterocycles. The minimum Gasteiger partial charge on any atom is -0.478 e. The number of rotatable bonds is 4. The fraction of sp³-hybridized carbons (Fsp3) is 0.533. The zero-order valence-electron chi connectivity index (χ0n) is 11.9.